The van der Waals surface area contributed by atoms with Crippen LogP contribution >= 0.6 is 0 Å². The average molecular weight is 439 g/mol. The Labute approximate surface area is 193 Å². The minimum Gasteiger partial charge on any atom is -0.241 e. The highest BCUT2D eigenvalue weighted by Crippen LogP contribution is 2.19. The maximum atomic E-state index is 13.5. The fraction of sp³-hybridized carbons (Fsp3) is 0.172. The molecule has 0 aliphatic heterocycles. The first-order valence-corrected chi connectivity index (χ1v) is 11.0. The van der Waals surface area contributed by atoms with Crippen LogP contribution in [0.2, 0.25) is 0 Å². The van der Waals surface area contributed by atoms with Gasteiger partial charge in [0, 0.05) is 29.9 Å². The van der Waals surface area contributed by atoms with Crippen LogP contribution in [-0.4, -0.2) is 9.97 Å². The van der Waals surface area contributed by atoms with Gasteiger partial charge >= 0.3 is 0 Å². The molecule has 0 fully saturated rings. The summed E-state index contributed by atoms with van der Waals surface area (Å²) in [6, 6.07) is 15.8. The van der Waals surface area contributed by atoms with Gasteiger partial charge in [-0.25, -0.2) is 18.7 Å². The Kier molecular flexibility index (Phi) is 7.22. The highest BCUT2D eigenvalue weighted by atomic mass is 19.2. The molecule has 164 valence electrons. The summed E-state index contributed by atoms with van der Waals surface area (Å²) >= 11 is 0. The molecule has 0 unspecified atom stereocenters. The molecule has 0 saturated carbocycles. The van der Waals surface area contributed by atoms with Crippen LogP contribution in [0, 0.1) is 23.5 Å². The summed E-state index contributed by atoms with van der Waals surface area (Å²) in [5, 5.41) is 1.28. The van der Waals surface area contributed by atoms with E-state index < -0.39 is 11.6 Å². The predicted octanol–water partition coefficient (Wildman–Crippen LogP) is 6.60. The molecule has 0 aliphatic carbocycles. The van der Waals surface area contributed by atoms with E-state index in [9.17, 15) is 8.78 Å². The van der Waals surface area contributed by atoms with Gasteiger partial charge in [0.2, 0.25) is 0 Å². The van der Waals surface area contributed by atoms with Crippen LogP contribution in [-0.2, 0) is 19.3 Å². The molecule has 0 aliphatic rings. The third kappa shape index (κ3) is 6.11. The van der Waals surface area contributed by atoms with E-state index in [0.717, 1.165) is 48.2 Å². The van der Waals surface area contributed by atoms with Gasteiger partial charge in [-0.05, 0) is 84.5 Å². The molecule has 3 aromatic carbocycles. The lowest BCUT2D eigenvalue weighted by Crippen LogP contribution is -1.99. The number of aryl methyl sites for hydroxylation is 3. The van der Waals surface area contributed by atoms with Gasteiger partial charge in [0.05, 0.1) is 0 Å². The molecule has 1 heterocycles. The molecule has 0 amide bonds. The quantitative estimate of drug-likeness (QED) is 0.250. The van der Waals surface area contributed by atoms with Gasteiger partial charge in [0.25, 0.3) is 0 Å². The van der Waals surface area contributed by atoms with Gasteiger partial charge in [0.15, 0.2) is 11.6 Å². The van der Waals surface area contributed by atoms with Crippen LogP contribution < -0.4 is 0 Å². The number of halogens is 2. The Morgan fingerprint density at radius 2 is 1.39 bits per heavy atom. The average Bonchev–Trinajstić information content (AvgIpc) is 2.84. The highest BCUT2D eigenvalue weighted by Gasteiger charge is 2.04. The molecule has 0 N–H and O–H groups in total. The van der Waals surface area contributed by atoms with Crippen LogP contribution in [0.1, 0.15) is 41.4 Å². The zero-order valence-corrected chi connectivity index (χ0v) is 18.5. The third-order valence-corrected chi connectivity index (χ3v) is 5.42. The minimum atomic E-state index is -0.853. The number of fused-ring (bicyclic) bond motifs is 1. The molecule has 4 aromatic rings. The topological polar surface area (TPSA) is 25.8 Å². The van der Waals surface area contributed by atoms with E-state index in [1.54, 1.807) is 12.1 Å². The smallest absolute Gasteiger partial charge is 0.159 e. The second-order valence-corrected chi connectivity index (χ2v) is 7.89. The lowest BCUT2D eigenvalue weighted by molar-refractivity contribution is 0.511. The first-order chi connectivity index (χ1) is 16.1. The van der Waals surface area contributed by atoms with Crippen molar-refractivity contribution >= 4 is 10.8 Å². The Morgan fingerprint density at radius 3 is 2.12 bits per heavy atom. The predicted molar refractivity (Wildman–Crippen MR) is 129 cm³/mol. The number of aromatic nitrogens is 2. The molecule has 0 spiro atoms. The Balaban J connectivity index is 1.36. The normalized spacial score (nSPS) is 11.0. The summed E-state index contributed by atoms with van der Waals surface area (Å²) in [5.41, 5.74) is 4.00. The largest absolute Gasteiger partial charge is 0.241 e. The van der Waals surface area contributed by atoms with Crippen molar-refractivity contribution in [2.75, 3.05) is 0 Å². The van der Waals surface area contributed by atoms with E-state index in [2.05, 4.69) is 46.1 Å². The molecule has 0 bridgehead atoms. The van der Waals surface area contributed by atoms with Crippen molar-refractivity contribution in [2.45, 2.75) is 32.6 Å². The van der Waals surface area contributed by atoms with Crippen molar-refractivity contribution in [3.63, 3.8) is 0 Å². The Bertz CT molecular complexity index is 1330. The highest BCUT2D eigenvalue weighted by molar-refractivity contribution is 5.84. The molecule has 33 heavy (non-hydrogen) atoms. The van der Waals surface area contributed by atoms with Gasteiger partial charge in [-0.15, -0.1) is 0 Å². The number of benzene rings is 3. The molecule has 0 saturated heterocycles. The van der Waals surface area contributed by atoms with Crippen molar-refractivity contribution < 1.29 is 8.78 Å². The van der Waals surface area contributed by atoms with E-state index in [1.807, 2.05) is 37.5 Å². The molecule has 4 rings (SSSR count). The maximum absolute atomic E-state index is 13.5. The lowest BCUT2D eigenvalue weighted by Gasteiger charge is -2.03. The summed E-state index contributed by atoms with van der Waals surface area (Å²) in [6.45, 7) is 2.02. The van der Waals surface area contributed by atoms with E-state index in [0.29, 0.717) is 10.8 Å². The van der Waals surface area contributed by atoms with Crippen molar-refractivity contribution in [3.8, 4) is 11.8 Å². The van der Waals surface area contributed by atoms with Crippen LogP contribution in [0.15, 0.2) is 79.1 Å². The third-order valence-electron chi connectivity index (χ3n) is 5.42. The summed E-state index contributed by atoms with van der Waals surface area (Å²) < 4.78 is 26.9. The first-order valence-electron chi connectivity index (χ1n) is 11.0. The van der Waals surface area contributed by atoms with E-state index in [-0.39, 0.29) is 0 Å². The van der Waals surface area contributed by atoms with Gasteiger partial charge in [-0.1, -0.05) is 42.2 Å². The summed E-state index contributed by atoms with van der Waals surface area (Å²) in [5.74, 6) is 5.38. The molecule has 1 aromatic heterocycles. The van der Waals surface area contributed by atoms with Crippen LogP contribution in [0.25, 0.3) is 10.8 Å². The summed E-state index contributed by atoms with van der Waals surface area (Å²) in [4.78, 5) is 8.97. The van der Waals surface area contributed by atoms with Crippen LogP contribution in [0.5, 0.6) is 0 Å². The van der Waals surface area contributed by atoms with Crippen molar-refractivity contribution in [3.05, 3.63) is 119 Å². The fourth-order valence-electron chi connectivity index (χ4n) is 3.53. The fourth-order valence-corrected chi connectivity index (χ4v) is 3.53. The number of rotatable bonds is 6. The second kappa shape index (κ2) is 10.7. The number of hydrogen-bond donors (Lipinski definition) is 0. The second-order valence-electron chi connectivity index (χ2n) is 7.89. The zero-order valence-electron chi connectivity index (χ0n) is 18.5. The Morgan fingerprint density at radius 1 is 0.727 bits per heavy atom. The molecule has 0 atom stereocenters. The van der Waals surface area contributed by atoms with E-state index in [1.165, 1.54) is 17.7 Å². The molecule has 2 nitrogen and oxygen atoms in total. The van der Waals surface area contributed by atoms with Gasteiger partial charge in [-0.2, -0.15) is 0 Å². The van der Waals surface area contributed by atoms with Crippen LogP contribution in [0.4, 0.5) is 8.78 Å². The summed E-state index contributed by atoms with van der Waals surface area (Å²) in [7, 11) is 0. The SMILES string of the molecule is C/C=C/CCc1cnc(CCc2ccc(C#Cc3ccc4cc(F)c(F)cc4c3)cc2)nc1. The van der Waals surface area contributed by atoms with Crippen LogP contribution in [0.3, 0.4) is 0 Å². The van der Waals surface area contributed by atoms with Crippen molar-refractivity contribution in [1.82, 2.24) is 9.97 Å². The van der Waals surface area contributed by atoms with E-state index >= 15 is 0 Å². The zero-order chi connectivity index (χ0) is 23.0. The monoisotopic (exact) mass is 438 g/mol. The van der Waals surface area contributed by atoms with Gasteiger partial charge < -0.3 is 0 Å². The molecule has 4 heteroatoms. The first kappa shape index (κ1) is 22.4. The summed E-state index contributed by atoms with van der Waals surface area (Å²) in [6.07, 6.45) is 11.7. The lowest BCUT2D eigenvalue weighted by atomic mass is 10.1. The number of nitrogens with zero attached hydrogens (tertiary/aromatic N) is 2. The Hall–Kier alpha value is -3.84. The number of hydrogen-bond acceptors (Lipinski definition) is 2. The molecular weight excluding hydrogens is 414 g/mol. The van der Waals surface area contributed by atoms with Gasteiger partial charge in [0.1, 0.15) is 5.82 Å². The molecular formula is C29H24F2N2. The number of allylic oxidation sites excluding steroid dienone is 2. The van der Waals surface area contributed by atoms with Crippen molar-refractivity contribution in [2.24, 2.45) is 0 Å². The standard InChI is InChI=1S/C29H24F2N2/c1-2-3-4-5-24-19-32-29(33-20-24)15-13-22-8-6-21(7-9-22)10-11-23-12-14-25-17-27(30)28(31)18-26(25)16-23/h2-3,6-9,12,14,16-20H,4-5,13,15H2,1H3/b3-2+. The van der Waals surface area contributed by atoms with E-state index in [4.69, 9.17) is 0 Å². The maximum Gasteiger partial charge on any atom is 0.159 e. The van der Waals surface area contributed by atoms with Crippen molar-refractivity contribution in [1.29, 1.82) is 0 Å². The minimum absolute atomic E-state index is 0.629. The van der Waals surface area contributed by atoms with Gasteiger partial charge in [-0.3, -0.25) is 0 Å². The molecule has 0 radical (unpaired) electrons.